The number of likely N-dealkylation sites (tertiary alicyclic amines) is 1. The Bertz CT molecular complexity index is 1070. The number of hydrogen-bond acceptors (Lipinski definition) is 7. The molecule has 0 aliphatic carbocycles. The first-order chi connectivity index (χ1) is 13.0. The van der Waals surface area contributed by atoms with Gasteiger partial charge in [0, 0.05) is 36.6 Å². The van der Waals surface area contributed by atoms with E-state index in [1.165, 1.54) is 6.20 Å². The van der Waals surface area contributed by atoms with Gasteiger partial charge in [0.2, 0.25) is 11.7 Å². The molecule has 0 aromatic carbocycles. The van der Waals surface area contributed by atoms with Crippen molar-refractivity contribution < 1.29 is 9.53 Å². The van der Waals surface area contributed by atoms with Crippen molar-refractivity contribution >= 4 is 11.7 Å². The predicted octanol–water partition coefficient (Wildman–Crippen LogP) is 1.30. The summed E-state index contributed by atoms with van der Waals surface area (Å²) in [5.41, 5.74) is 2.18. The summed E-state index contributed by atoms with van der Waals surface area (Å²) in [4.78, 5) is 27.1. The van der Waals surface area contributed by atoms with Gasteiger partial charge in [-0.2, -0.15) is 10.2 Å². The second-order valence-electron chi connectivity index (χ2n) is 6.46. The van der Waals surface area contributed by atoms with Crippen LogP contribution in [0.1, 0.15) is 34.0 Å². The zero-order chi connectivity index (χ0) is 19.0. The molecule has 1 unspecified atom stereocenters. The van der Waals surface area contributed by atoms with E-state index in [0.29, 0.717) is 36.7 Å². The highest BCUT2D eigenvalue weighted by Crippen LogP contribution is 2.19. The summed E-state index contributed by atoms with van der Waals surface area (Å²) in [6, 6.07) is 7.14. The third-order valence-electron chi connectivity index (χ3n) is 4.39. The summed E-state index contributed by atoms with van der Waals surface area (Å²) in [6.07, 6.45) is 2.02. The lowest BCUT2D eigenvalue weighted by Crippen LogP contribution is -2.31. The quantitative estimate of drug-likeness (QED) is 0.690. The minimum absolute atomic E-state index is 0.126. The predicted molar refractivity (Wildman–Crippen MR) is 94.1 cm³/mol. The van der Waals surface area contributed by atoms with E-state index in [4.69, 9.17) is 10.00 Å². The van der Waals surface area contributed by atoms with E-state index >= 15 is 0 Å². The summed E-state index contributed by atoms with van der Waals surface area (Å²) in [5, 5.41) is 13.2. The van der Waals surface area contributed by atoms with Gasteiger partial charge in [0.1, 0.15) is 6.10 Å². The average Bonchev–Trinajstić information content (AvgIpc) is 3.28. The summed E-state index contributed by atoms with van der Waals surface area (Å²) in [5.74, 6) is 0.679. The number of hydrogen-bond donors (Lipinski definition) is 0. The van der Waals surface area contributed by atoms with E-state index in [1.807, 2.05) is 19.9 Å². The van der Waals surface area contributed by atoms with Crippen LogP contribution in [0.4, 0.5) is 0 Å². The number of rotatable bonds is 3. The maximum Gasteiger partial charge on any atom is 0.293 e. The zero-order valence-electron chi connectivity index (χ0n) is 15.0. The number of nitrogens with zero attached hydrogens (tertiary/aromatic N) is 7. The molecular weight excluding hydrogens is 346 g/mol. The molecule has 136 valence electrons. The number of aryl methyl sites for hydroxylation is 2. The Labute approximate surface area is 155 Å². The van der Waals surface area contributed by atoms with Crippen molar-refractivity contribution in [1.29, 1.82) is 5.26 Å². The van der Waals surface area contributed by atoms with Crippen LogP contribution < -0.4 is 4.74 Å². The van der Waals surface area contributed by atoms with E-state index < -0.39 is 0 Å². The van der Waals surface area contributed by atoms with Crippen LogP contribution in [0.2, 0.25) is 0 Å². The zero-order valence-corrected chi connectivity index (χ0v) is 15.0. The van der Waals surface area contributed by atoms with Crippen molar-refractivity contribution in [3.63, 3.8) is 0 Å². The minimum atomic E-state index is -0.248. The Morgan fingerprint density at radius 2 is 2.19 bits per heavy atom. The Morgan fingerprint density at radius 3 is 3.00 bits per heavy atom. The van der Waals surface area contributed by atoms with Crippen molar-refractivity contribution in [1.82, 2.24) is 29.5 Å². The number of aromatic nitrogens is 5. The molecule has 4 rings (SSSR count). The molecule has 1 aliphatic heterocycles. The van der Waals surface area contributed by atoms with Crippen molar-refractivity contribution in [2.75, 3.05) is 13.1 Å². The number of nitriles is 1. The van der Waals surface area contributed by atoms with Crippen LogP contribution in [0, 0.1) is 25.2 Å². The normalized spacial score (nSPS) is 16.5. The van der Waals surface area contributed by atoms with Gasteiger partial charge < -0.3 is 9.64 Å². The number of fused-ring (bicyclic) bond motifs is 1. The van der Waals surface area contributed by atoms with Crippen LogP contribution in [0.25, 0.3) is 5.78 Å². The monoisotopic (exact) mass is 363 g/mol. The second kappa shape index (κ2) is 6.64. The van der Waals surface area contributed by atoms with Crippen molar-refractivity contribution in [3.8, 4) is 11.9 Å². The molecule has 0 N–H and O–H groups in total. The molecule has 27 heavy (non-hydrogen) atoms. The highest BCUT2D eigenvalue weighted by molar-refractivity contribution is 5.91. The third kappa shape index (κ3) is 3.29. The number of ether oxygens (including phenoxy) is 1. The summed E-state index contributed by atoms with van der Waals surface area (Å²) < 4.78 is 7.38. The molecule has 3 aromatic heterocycles. The van der Waals surface area contributed by atoms with Gasteiger partial charge in [0.15, 0.2) is 0 Å². The van der Waals surface area contributed by atoms with E-state index in [0.717, 1.165) is 11.4 Å². The number of carbonyl (C=O) groups is 1. The molecule has 3 aromatic rings. The molecule has 0 bridgehead atoms. The maximum atomic E-state index is 12.8. The smallest absolute Gasteiger partial charge is 0.293 e. The molecule has 0 radical (unpaired) electrons. The van der Waals surface area contributed by atoms with Gasteiger partial charge in [0.25, 0.3) is 11.7 Å². The molecule has 9 nitrogen and oxygen atoms in total. The summed E-state index contributed by atoms with van der Waals surface area (Å²) in [6.45, 7) is 4.73. The van der Waals surface area contributed by atoms with Crippen molar-refractivity contribution in [2.45, 2.75) is 26.4 Å². The summed E-state index contributed by atoms with van der Waals surface area (Å²) >= 11 is 0. The SMILES string of the molecule is Cc1cc(C)n2nc(C(=O)N3CCC(Oc4cc(C#N)ccn4)C3)nc2n1. The fourth-order valence-electron chi connectivity index (χ4n) is 3.12. The maximum absolute atomic E-state index is 12.8. The molecule has 1 saturated heterocycles. The van der Waals surface area contributed by atoms with Gasteiger partial charge in [-0.15, -0.1) is 5.10 Å². The first kappa shape index (κ1) is 16.9. The van der Waals surface area contributed by atoms with Gasteiger partial charge in [0.05, 0.1) is 18.2 Å². The Balaban J connectivity index is 1.48. The standard InChI is InChI=1S/C18H17N7O2/c1-11-7-12(2)25-18(21-11)22-16(23-25)17(26)24-6-4-14(10-24)27-15-8-13(9-19)3-5-20-15/h3,5,7-8,14H,4,6,10H2,1-2H3. The Morgan fingerprint density at radius 1 is 1.33 bits per heavy atom. The summed E-state index contributed by atoms with van der Waals surface area (Å²) in [7, 11) is 0. The lowest BCUT2D eigenvalue weighted by molar-refractivity contribution is 0.0759. The van der Waals surface area contributed by atoms with Gasteiger partial charge in [-0.05, 0) is 26.0 Å². The molecule has 1 fully saturated rings. The van der Waals surface area contributed by atoms with E-state index in [-0.39, 0.29) is 17.8 Å². The molecule has 0 spiro atoms. The highest BCUT2D eigenvalue weighted by Gasteiger charge is 2.31. The van der Waals surface area contributed by atoms with Crippen LogP contribution in [0.3, 0.4) is 0 Å². The molecule has 1 amide bonds. The van der Waals surface area contributed by atoms with Crippen LogP contribution in [-0.2, 0) is 0 Å². The van der Waals surface area contributed by atoms with Gasteiger partial charge in [-0.25, -0.2) is 14.5 Å². The highest BCUT2D eigenvalue weighted by atomic mass is 16.5. The molecule has 1 atom stereocenters. The molecule has 9 heteroatoms. The van der Waals surface area contributed by atoms with E-state index in [1.54, 1.807) is 21.5 Å². The molecule has 1 aliphatic rings. The largest absolute Gasteiger partial charge is 0.472 e. The van der Waals surface area contributed by atoms with Crippen molar-refractivity contribution in [2.24, 2.45) is 0 Å². The fraction of sp³-hybridized carbons (Fsp3) is 0.333. The van der Waals surface area contributed by atoms with Gasteiger partial charge in [-0.1, -0.05) is 0 Å². The van der Waals surface area contributed by atoms with Crippen LogP contribution >= 0.6 is 0 Å². The topological polar surface area (TPSA) is 109 Å². The van der Waals surface area contributed by atoms with E-state index in [2.05, 4.69) is 26.1 Å². The molecular formula is C18H17N7O2. The first-order valence-electron chi connectivity index (χ1n) is 8.56. The number of pyridine rings is 1. The third-order valence-corrected chi connectivity index (χ3v) is 4.39. The molecule has 4 heterocycles. The van der Waals surface area contributed by atoms with Crippen molar-refractivity contribution in [3.05, 3.63) is 47.2 Å². The van der Waals surface area contributed by atoms with Crippen LogP contribution in [-0.4, -0.2) is 54.6 Å². The van der Waals surface area contributed by atoms with Gasteiger partial charge >= 0.3 is 0 Å². The van der Waals surface area contributed by atoms with E-state index in [9.17, 15) is 4.79 Å². The fourth-order valence-corrected chi connectivity index (χ4v) is 3.12. The van der Waals surface area contributed by atoms with Gasteiger partial charge in [-0.3, -0.25) is 4.79 Å². The van der Waals surface area contributed by atoms with Crippen LogP contribution in [0.15, 0.2) is 24.4 Å². The first-order valence-corrected chi connectivity index (χ1v) is 8.56. The Kier molecular flexibility index (Phi) is 4.16. The van der Waals surface area contributed by atoms with Crippen LogP contribution in [0.5, 0.6) is 5.88 Å². The lowest BCUT2D eigenvalue weighted by atomic mass is 10.3. The number of amides is 1. The lowest BCUT2D eigenvalue weighted by Gasteiger charge is -2.15. The minimum Gasteiger partial charge on any atom is -0.472 e. The second-order valence-corrected chi connectivity index (χ2v) is 6.46. The Hall–Kier alpha value is -3.54. The number of carbonyl (C=O) groups excluding carboxylic acids is 1. The average molecular weight is 363 g/mol. The molecule has 0 saturated carbocycles.